The Kier molecular flexibility index (Phi) is 8.48. The first-order valence-corrected chi connectivity index (χ1v) is 12.8. The molecule has 0 aliphatic carbocycles. The number of nitrogens with zero attached hydrogens (tertiary/aromatic N) is 3. The van der Waals surface area contributed by atoms with Crippen LogP contribution in [0.2, 0.25) is 0 Å². The Hall–Kier alpha value is -3.96. The van der Waals surface area contributed by atoms with Crippen LogP contribution in [0, 0.1) is 10.1 Å². The van der Waals surface area contributed by atoms with Crippen molar-refractivity contribution in [3.05, 3.63) is 88.0 Å². The number of hydrazone groups is 1. The van der Waals surface area contributed by atoms with E-state index in [1.807, 2.05) is 31.2 Å². The molecule has 3 aromatic carbocycles. The van der Waals surface area contributed by atoms with Crippen molar-refractivity contribution >= 4 is 51.1 Å². The molecule has 0 spiro atoms. The molecule has 1 N–H and O–H groups in total. The number of carbonyl (C=O) groups excluding carboxylic acids is 1. The molecular weight excluding hydrogens is 500 g/mol. The Bertz CT molecular complexity index is 1360. The van der Waals surface area contributed by atoms with E-state index in [0.717, 1.165) is 25.7 Å². The summed E-state index contributed by atoms with van der Waals surface area (Å²) in [7, 11) is 0. The number of carbonyl (C=O) groups is 1. The van der Waals surface area contributed by atoms with Crippen molar-refractivity contribution in [3.8, 4) is 11.5 Å². The van der Waals surface area contributed by atoms with Crippen molar-refractivity contribution in [2.24, 2.45) is 5.10 Å². The molecule has 4 rings (SSSR count). The fourth-order valence-electron chi connectivity index (χ4n) is 3.12. The molecule has 0 unspecified atom stereocenters. The molecular formula is C25H22N4O5S2. The number of nitrogens with one attached hydrogen (secondary N) is 1. The number of hydrogen-bond donors (Lipinski definition) is 1. The van der Waals surface area contributed by atoms with E-state index in [-0.39, 0.29) is 24.0 Å². The summed E-state index contributed by atoms with van der Waals surface area (Å²) in [6.45, 7) is 2.53. The number of non-ortho nitro benzene ring substituents is 1. The first-order valence-electron chi connectivity index (χ1n) is 10.9. The summed E-state index contributed by atoms with van der Waals surface area (Å²) >= 11 is 2.92. The number of thioether (sulfide) groups is 1. The number of hydrogen-bond acceptors (Lipinski definition) is 9. The Morgan fingerprint density at radius 1 is 1.14 bits per heavy atom. The zero-order chi connectivity index (χ0) is 25.3. The molecule has 0 saturated heterocycles. The molecule has 1 heterocycles. The van der Waals surface area contributed by atoms with Crippen LogP contribution in [0.3, 0.4) is 0 Å². The van der Waals surface area contributed by atoms with Gasteiger partial charge in [0.2, 0.25) is 0 Å². The van der Waals surface area contributed by atoms with Crippen LogP contribution in [-0.2, 0) is 11.4 Å². The predicted octanol–water partition coefficient (Wildman–Crippen LogP) is 5.42. The number of benzene rings is 3. The zero-order valence-electron chi connectivity index (χ0n) is 19.2. The normalized spacial score (nSPS) is 11.0. The van der Waals surface area contributed by atoms with Crippen LogP contribution in [0.15, 0.2) is 76.2 Å². The maximum absolute atomic E-state index is 12.2. The van der Waals surface area contributed by atoms with Crippen LogP contribution in [0.25, 0.3) is 10.2 Å². The number of nitro benzene ring substituents is 1. The number of thiazole rings is 1. The Labute approximate surface area is 215 Å². The third-order valence-electron chi connectivity index (χ3n) is 4.81. The second kappa shape index (κ2) is 12.1. The van der Waals surface area contributed by atoms with Gasteiger partial charge in [-0.2, -0.15) is 5.10 Å². The summed E-state index contributed by atoms with van der Waals surface area (Å²) in [6, 6.07) is 19.3. The average Bonchev–Trinajstić information content (AvgIpc) is 3.30. The Morgan fingerprint density at radius 3 is 2.69 bits per heavy atom. The van der Waals surface area contributed by atoms with Crippen LogP contribution in [0.1, 0.15) is 18.1 Å². The van der Waals surface area contributed by atoms with Gasteiger partial charge in [0, 0.05) is 12.1 Å². The quantitative estimate of drug-likeness (QED) is 0.121. The number of amides is 1. The number of nitro groups is 1. The fraction of sp³-hybridized carbons (Fsp3) is 0.160. The van der Waals surface area contributed by atoms with Crippen molar-refractivity contribution in [1.82, 2.24) is 10.4 Å². The minimum absolute atomic E-state index is 0.0276. The highest BCUT2D eigenvalue weighted by atomic mass is 32.2. The molecule has 1 aromatic heterocycles. The second-order valence-corrected chi connectivity index (χ2v) is 9.63. The molecule has 1 amide bonds. The number of para-hydroxylation sites is 1. The highest BCUT2D eigenvalue weighted by Crippen LogP contribution is 2.30. The number of fused-ring (bicyclic) bond motifs is 1. The second-order valence-electron chi connectivity index (χ2n) is 7.38. The molecule has 0 fully saturated rings. The maximum Gasteiger partial charge on any atom is 0.269 e. The minimum atomic E-state index is -0.442. The largest absolute Gasteiger partial charge is 0.490 e. The van der Waals surface area contributed by atoms with Crippen molar-refractivity contribution in [3.63, 3.8) is 0 Å². The van der Waals surface area contributed by atoms with Gasteiger partial charge in [-0.1, -0.05) is 23.9 Å². The number of aromatic nitrogens is 1. The summed E-state index contributed by atoms with van der Waals surface area (Å²) in [5.41, 5.74) is 4.99. The standard InChI is InChI=1S/C25H22N4O5S2/c1-2-33-22-13-18(9-12-21(22)34-15-17-7-10-19(11-8-17)29(31)32)14-26-28-24(30)16-35-25-27-20-5-3-4-6-23(20)36-25/h3-14H,2,15-16H2,1H3,(H,28,30)/b26-14-. The van der Waals surface area contributed by atoms with Gasteiger partial charge in [-0.25, -0.2) is 10.4 Å². The van der Waals surface area contributed by atoms with Gasteiger partial charge in [0.25, 0.3) is 11.6 Å². The number of rotatable bonds is 11. The molecule has 11 heteroatoms. The summed E-state index contributed by atoms with van der Waals surface area (Å²) in [5.74, 6) is 1.03. The van der Waals surface area contributed by atoms with Crippen LogP contribution in [0.5, 0.6) is 11.5 Å². The first-order chi connectivity index (χ1) is 17.5. The summed E-state index contributed by atoms with van der Waals surface area (Å²) < 4.78 is 13.5. The van der Waals surface area contributed by atoms with Crippen LogP contribution < -0.4 is 14.9 Å². The van der Waals surface area contributed by atoms with E-state index in [0.29, 0.717) is 18.1 Å². The molecule has 9 nitrogen and oxygen atoms in total. The van der Waals surface area contributed by atoms with E-state index in [9.17, 15) is 14.9 Å². The summed E-state index contributed by atoms with van der Waals surface area (Å²) in [6.07, 6.45) is 1.53. The van der Waals surface area contributed by atoms with E-state index < -0.39 is 4.92 Å². The zero-order valence-corrected chi connectivity index (χ0v) is 20.9. The van der Waals surface area contributed by atoms with Gasteiger partial charge in [0.05, 0.1) is 33.7 Å². The maximum atomic E-state index is 12.2. The third-order valence-corrected chi connectivity index (χ3v) is 6.99. The molecule has 0 atom stereocenters. The molecule has 0 aliphatic rings. The van der Waals surface area contributed by atoms with Gasteiger partial charge in [-0.05, 0) is 60.5 Å². The lowest BCUT2D eigenvalue weighted by atomic mass is 10.2. The van der Waals surface area contributed by atoms with Gasteiger partial charge in [0.1, 0.15) is 6.61 Å². The summed E-state index contributed by atoms with van der Waals surface area (Å²) in [5, 5.41) is 14.8. The lowest BCUT2D eigenvalue weighted by Gasteiger charge is -2.12. The van der Waals surface area contributed by atoms with Gasteiger partial charge < -0.3 is 9.47 Å². The summed E-state index contributed by atoms with van der Waals surface area (Å²) in [4.78, 5) is 27.0. The van der Waals surface area contributed by atoms with E-state index >= 15 is 0 Å². The van der Waals surface area contributed by atoms with Gasteiger partial charge >= 0.3 is 0 Å². The predicted molar refractivity (Wildman–Crippen MR) is 141 cm³/mol. The Morgan fingerprint density at radius 2 is 1.94 bits per heavy atom. The lowest BCUT2D eigenvalue weighted by Crippen LogP contribution is -2.19. The van der Waals surface area contributed by atoms with Crippen molar-refractivity contribution < 1.29 is 19.2 Å². The molecule has 4 aromatic rings. The third kappa shape index (κ3) is 6.80. The molecule has 36 heavy (non-hydrogen) atoms. The topological polar surface area (TPSA) is 116 Å². The molecule has 184 valence electrons. The van der Waals surface area contributed by atoms with Crippen molar-refractivity contribution in [1.29, 1.82) is 0 Å². The van der Waals surface area contributed by atoms with Crippen LogP contribution in [-0.4, -0.2) is 34.4 Å². The van der Waals surface area contributed by atoms with Gasteiger partial charge in [-0.15, -0.1) is 11.3 Å². The fourth-order valence-corrected chi connectivity index (χ4v) is 4.98. The molecule has 0 saturated carbocycles. The van der Waals surface area contributed by atoms with Crippen molar-refractivity contribution in [2.75, 3.05) is 12.4 Å². The molecule has 0 aliphatic heterocycles. The lowest BCUT2D eigenvalue weighted by molar-refractivity contribution is -0.384. The van der Waals surface area contributed by atoms with E-state index in [1.165, 1.54) is 30.1 Å². The molecule has 0 bridgehead atoms. The minimum Gasteiger partial charge on any atom is -0.490 e. The van der Waals surface area contributed by atoms with Crippen molar-refractivity contribution in [2.45, 2.75) is 17.9 Å². The average molecular weight is 523 g/mol. The SMILES string of the molecule is CCOc1cc(/C=N\NC(=O)CSc2nc3ccccc3s2)ccc1OCc1ccc([N+](=O)[O-])cc1. The highest BCUT2D eigenvalue weighted by molar-refractivity contribution is 8.01. The van der Waals surface area contributed by atoms with E-state index in [4.69, 9.17) is 9.47 Å². The highest BCUT2D eigenvalue weighted by Gasteiger charge is 2.09. The molecule has 0 radical (unpaired) electrons. The van der Waals surface area contributed by atoms with Crippen LogP contribution >= 0.6 is 23.1 Å². The van der Waals surface area contributed by atoms with Gasteiger partial charge in [-0.3, -0.25) is 14.9 Å². The Balaban J connectivity index is 1.31. The van der Waals surface area contributed by atoms with Gasteiger partial charge in [0.15, 0.2) is 15.8 Å². The van der Waals surface area contributed by atoms with E-state index in [1.54, 1.807) is 41.7 Å². The number of ether oxygens (including phenoxy) is 2. The van der Waals surface area contributed by atoms with Crippen LogP contribution in [0.4, 0.5) is 5.69 Å². The van der Waals surface area contributed by atoms with E-state index in [2.05, 4.69) is 15.5 Å². The first kappa shape index (κ1) is 25.1. The smallest absolute Gasteiger partial charge is 0.269 e. The monoisotopic (exact) mass is 522 g/mol.